The molecule has 0 aliphatic heterocycles. The molecule has 5 heteroatoms. The zero-order valence-corrected chi connectivity index (χ0v) is 11.7. The fourth-order valence-corrected chi connectivity index (χ4v) is 2.97. The number of fused-ring (bicyclic) bond motifs is 1. The minimum atomic E-state index is 0.529. The fourth-order valence-electron chi connectivity index (χ4n) is 1.99. The maximum Gasteiger partial charge on any atom is 0.181 e. The standard InChI is InChI=1S/C14H14N4S/c1-3-9-7-10-12(15)17-13(18-14(10)19-9)11-8(2)5-4-6-16-11/h4-7H,3H2,1-2H3,(H2,15,17,18). The molecule has 3 aromatic heterocycles. The van der Waals surface area contributed by atoms with Gasteiger partial charge in [0, 0.05) is 11.1 Å². The average Bonchev–Trinajstić information content (AvgIpc) is 2.83. The second-order valence-electron chi connectivity index (χ2n) is 4.39. The summed E-state index contributed by atoms with van der Waals surface area (Å²) in [5, 5.41) is 0.944. The lowest BCUT2D eigenvalue weighted by Gasteiger charge is -2.04. The molecule has 0 unspecified atom stereocenters. The molecule has 0 atom stereocenters. The number of thiophene rings is 1. The number of nitrogens with zero attached hydrogens (tertiary/aromatic N) is 3. The minimum Gasteiger partial charge on any atom is -0.383 e. The predicted molar refractivity (Wildman–Crippen MR) is 79.2 cm³/mol. The normalized spacial score (nSPS) is 11.1. The van der Waals surface area contributed by atoms with Crippen molar-refractivity contribution in [2.45, 2.75) is 20.3 Å². The first-order valence-corrected chi connectivity index (χ1v) is 6.98. The molecule has 4 nitrogen and oxygen atoms in total. The van der Waals surface area contributed by atoms with Crippen LogP contribution in [0.15, 0.2) is 24.4 Å². The van der Waals surface area contributed by atoms with E-state index in [1.165, 1.54) is 4.88 Å². The summed E-state index contributed by atoms with van der Waals surface area (Å²) >= 11 is 1.67. The van der Waals surface area contributed by atoms with E-state index >= 15 is 0 Å². The highest BCUT2D eigenvalue weighted by Crippen LogP contribution is 2.30. The first kappa shape index (κ1) is 12.0. The largest absolute Gasteiger partial charge is 0.383 e. The van der Waals surface area contributed by atoms with Crippen LogP contribution >= 0.6 is 11.3 Å². The van der Waals surface area contributed by atoms with Crippen LogP contribution in [-0.2, 0) is 6.42 Å². The van der Waals surface area contributed by atoms with Gasteiger partial charge in [-0.3, -0.25) is 4.98 Å². The van der Waals surface area contributed by atoms with E-state index in [4.69, 9.17) is 5.73 Å². The maximum atomic E-state index is 6.04. The van der Waals surface area contributed by atoms with Gasteiger partial charge < -0.3 is 5.73 Å². The lowest BCUT2D eigenvalue weighted by atomic mass is 10.2. The van der Waals surface area contributed by atoms with Gasteiger partial charge in [0.2, 0.25) is 0 Å². The third kappa shape index (κ3) is 2.06. The van der Waals surface area contributed by atoms with Gasteiger partial charge in [0.25, 0.3) is 0 Å². The summed E-state index contributed by atoms with van der Waals surface area (Å²) in [4.78, 5) is 15.5. The second-order valence-corrected chi connectivity index (χ2v) is 5.50. The van der Waals surface area contributed by atoms with Crippen LogP contribution in [-0.4, -0.2) is 15.0 Å². The first-order chi connectivity index (χ1) is 9.19. The van der Waals surface area contributed by atoms with Gasteiger partial charge in [0.15, 0.2) is 5.82 Å². The van der Waals surface area contributed by atoms with Crippen molar-refractivity contribution >= 4 is 27.4 Å². The molecule has 19 heavy (non-hydrogen) atoms. The van der Waals surface area contributed by atoms with Gasteiger partial charge in [0.05, 0.1) is 5.39 Å². The van der Waals surface area contributed by atoms with Crippen molar-refractivity contribution in [2.75, 3.05) is 5.73 Å². The summed E-state index contributed by atoms with van der Waals surface area (Å²) in [5.74, 6) is 1.13. The second kappa shape index (κ2) is 4.59. The van der Waals surface area contributed by atoms with E-state index in [9.17, 15) is 0 Å². The van der Waals surface area contributed by atoms with Gasteiger partial charge >= 0.3 is 0 Å². The van der Waals surface area contributed by atoms with E-state index in [2.05, 4.69) is 27.9 Å². The van der Waals surface area contributed by atoms with Crippen molar-refractivity contribution in [1.82, 2.24) is 15.0 Å². The Balaban J connectivity index is 2.23. The highest BCUT2D eigenvalue weighted by Gasteiger charge is 2.12. The van der Waals surface area contributed by atoms with E-state index in [-0.39, 0.29) is 0 Å². The van der Waals surface area contributed by atoms with Crippen LogP contribution in [0.5, 0.6) is 0 Å². The molecule has 0 saturated heterocycles. The fraction of sp³-hybridized carbons (Fsp3) is 0.214. The Labute approximate surface area is 115 Å². The minimum absolute atomic E-state index is 0.529. The number of aryl methyl sites for hydroxylation is 2. The Morgan fingerprint density at radius 3 is 2.89 bits per heavy atom. The molecular formula is C14H14N4S. The number of nitrogen functional groups attached to an aromatic ring is 1. The molecule has 2 N–H and O–H groups in total. The maximum absolute atomic E-state index is 6.04. The van der Waals surface area contributed by atoms with Crippen molar-refractivity contribution < 1.29 is 0 Å². The summed E-state index contributed by atoms with van der Waals surface area (Å²) in [6, 6.07) is 5.98. The number of rotatable bonds is 2. The van der Waals surface area contributed by atoms with Crippen molar-refractivity contribution in [3.63, 3.8) is 0 Å². The SMILES string of the molecule is CCc1cc2c(N)nc(-c3ncccc3C)nc2s1. The quantitative estimate of drug-likeness (QED) is 0.776. The van der Waals surface area contributed by atoms with Crippen LogP contribution in [0.1, 0.15) is 17.4 Å². The molecule has 0 aromatic carbocycles. The molecule has 3 heterocycles. The molecule has 3 aromatic rings. The third-order valence-electron chi connectivity index (χ3n) is 3.04. The number of pyridine rings is 1. The van der Waals surface area contributed by atoms with Crippen molar-refractivity contribution in [1.29, 1.82) is 0 Å². The Hall–Kier alpha value is -2.01. The van der Waals surface area contributed by atoms with Crippen LogP contribution in [0, 0.1) is 6.92 Å². The molecule has 0 aliphatic rings. The monoisotopic (exact) mass is 270 g/mol. The smallest absolute Gasteiger partial charge is 0.181 e. The summed E-state index contributed by atoms with van der Waals surface area (Å²) < 4.78 is 0. The van der Waals surface area contributed by atoms with Crippen molar-refractivity contribution in [3.8, 4) is 11.5 Å². The van der Waals surface area contributed by atoms with Crippen LogP contribution in [0.25, 0.3) is 21.7 Å². The lowest BCUT2D eigenvalue weighted by molar-refractivity contribution is 1.16. The zero-order valence-electron chi connectivity index (χ0n) is 10.8. The number of hydrogen-bond acceptors (Lipinski definition) is 5. The van der Waals surface area contributed by atoms with Gasteiger partial charge in [-0.25, -0.2) is 9.97 Å². The van der Waals surface area contributed by atoms with Gasteiger partial charge in [-0.2, -0.15) is 0 Å². The third-order valence-corrected chi connectivity index (χ3v) is 4.22. The Kier molecular flexibility index (Phi) is 2.91. The molecule has 0 saturated carbocycles. The number of anilines is 1. The summed E-state index contributed by atoms with van der Waals surface area (Å²) in [5.41, 5.74) is 7.88. The molecule has 0 radical (unpaired) electrons. The predicted octanol–water partition coefficient (Wildman–Crippen LogP) is 3.21. The Bertz CT molecular complexity index is 748. The first-order valence-electron chi connectivity index (χ1n) is 6.17. The molecule has 0 aliphatic carbocycles. The van der Waals surface area contributed by atoms with Gasteiger partial charge in [-0.05, 0) is 31.0 Å². The summed E-state index contributed by atoms with van der Waals surface area (Å²) in [6.07, 6.45) is 2.73. The Morgan fingerprint density at radius 1 is 1.32 bits per heavy atom. The van der Waals surface area contributed by atoms with Crippen molar-refractivity contribution in [3.05, 3.63) is 34.8 Å². The highest BCUT2D eigenvalue weighted by atomic mass is 32.1. The number of nitrogens with two attached hydrogens (primary N) is 1. The lowest BCUT2D eigenvalue weighted by Crippen LogP contribution is -1.98. The summed E-state index contributed by atoms with van der Waals surface area (Å²) in [6.45, 7) is 4.12. The van der Waals surface area contributed by atoms with Crippen LogP contribution in [0.3, 0.4) is 0 Å². The van der Waals surface area contributed by atoms with E-state index < -0.39 is 0 Å². The molecule has 96 valence electrons. The van der Waals surface area contributed by atoms with Gasteiger partial charge in [0.1, 0.15) is 16.3 Å². The highest BCUT2D eigenvalue weighted by molar-refractivity contribution is 7.18. The average molecular weight is 270 g/mol. The molecule has 0 bridgehead atoms. The molecule has 0 amide bonds. The number of hydrogen-bond donors (Lipinski definition) is 1. The van der Waals surface area contributed by atoms with Crippen LogP contribution in [0.2, 0.25) is 0 Å². The topological polar surface area (TPSA) is 64.7 Å². The van der Waals surface area contributed by atoms with Crippen LogP contribution in [0.4, 0.5) is 5.82 Å². The van der Waals surface area contributed by atoms with Gasteiger partial charge in [-0.1, -0.05) is 13.0 Å². The van der Waals surface area contributed by atoms with Crippen molar-refractivity contribution in [2.24, 2.45) is 0 Å². The zero-order chi connectivity index (χ0) is 13.4. The summed E-state index contributed by atoms with van der Waals surface area (Å²) in [7, 11) is 0. The molecule has 0 fully saturated rings. The van der Waals surface area contributed by atoms with E-state index in [1.54, 1.807) is 17.5 Å². The van der Waals surface area contributed by atoms with E-state index in [0.29, 0.717) is 11.6 Å². The Morgan fingerprint density at radius 2 is 2.16 bits per heavy atom. The van der Waals surface area contributed by atoms with E-state index in [0.717, 1.165) is 27.9 Å². The van der Waals surface area contributed by atoms with E-state index in [1.807, 2.05) is 19.1 Å². The van der Waals surface area contributed by atoms with Crippen LogP contribution < -0.4 is 5.73 Å². The molecule has 0 spiro atoms. The number of aromatic nitrogens is 3. The van der Waals surface area contributed by atoms with Gasteiger partial charge in [-0.15, -0.1) is 11.3 Å². The molecule has 3 rings (SSSR count). The molecular weight excluding hydrogens is 256 g/mol.